The zero-order chi connectivity index (χ0) is 19.0. The van der Waals surface area contributed by atoms with Crippen molar-refractivity contribution in [3.8, 4) is 0 Å². The normalized spacial score (nSPS) is 22.5. The van der Waals surface area contributed by atoms with E-state index in [-0.39, 0.29) is 47.9 Å². The van der Waals surface area contributed by atoms with Gasteiger partial charge in [-0.05, 0) is 33.6 Å². The van der Waals surface area contributed by atoms with Crippen LogP contribution in [-0.2, 0) is 14.3 Å². The maximum Gasteiger partial charge on any atom is 0.340 e. The SMILES string of the molecule is CCOC(=O)c1c(C)[nH]c(C)c1C(=O)CN1C(=O)[C@H]2CCCC[C@@H]2C1=O. The molecule has 140 valence electrons. The summed E-state index contributed by atoms with van der Waals surface area (Å²) in [5, 5.41) is 0. The lowest BCUT2D eigenvalue weighted by atomic mass is 9.81. The zero-order valence-corrected chi connectivity index (χ0v) is 15.4. The van der Waals surface area contributed by atoms with Crippen LogP contribution < -0.4 is 0 Å². The van der Waals surface area contributed by atoms with Gasteiger partial charge in [0.2, 0.25) is 11.8 Å². The third kappa shape index (κ3) is 2.95. The number of H-pyrrole nitrogens is 1. The van der Waals surface area contributed by atoms with Gasteiger partial charge >= 0.3 is 5.97 Å². The lowest BCUT2D eigenvalue weighted by molar-refractivity contribution is -0.139. The smallest absolute Gasteiger partial charge is 0.340 e. The predicted molar refractivity (Wildman–Crippen MR) is 92.7 cm³/mol. The lowest BCUT2D eigenvalue weighted by Gasteiger charge is -2.19. The van der Waals surface area contributed by atoms with Gasteiger partial charge in [0.1, 0.15) is 0 Å². The summed E-state index contributed by atoms with van der Waals surface area (Å²) in [4.78, 5) is 54.4. The Labute approximate surface area is 152 Å². The molecular weight excluding hydrogens is 336 g/mol. The minimum atomic E-state index is -0.578. The van der Waals surface area contributed by atoms with Gasteiger partial charge in [-0.15, -0.1) is 0 Å². The van der Waals surface area contributed by atoms with Crippen LogP contribution in [0.25, 0.3) is 0 Å². The molecule has 2 fully saturated rings. The molecule has 7 nitrogen and oxygen atoms in total. The minimum Gasteiger partial charge on any atom is -0.462 e. The average molecular weight is 360 g/mol. The van der Waals surface area contributed by atoms with Crippen molar-refractivity contribution in [2.75, 3.05) is 13.2 Å². The largest absolute Gasteiger partial charge is 0.462 e. The number of nitrogens with zero attached hydrogens (tertiary/aromatic N) is 1. The first-order valence-electron chi connectivity index (χ1n) is 9.11. The highest BCUT2D eigenvalue weighted by Crippen LogP contribution is 2.38. The monoisotopic (exact) mass is 360 g/mol. The molecule has 1 aromatic heterocycles. The minimum absolute atomic E-state index is 0.186. The molecule has 3 rings (SSSR count). The van der Waals surface area contributed by atoms with Crippen molar-refractivity contribution in [3.63, 3.8) is 0 Å². The molecule has 2 amide bonds. The summed E-state index contributed by atoms with van der Waals surface area (Å²) in [6.07, 6.45) is 3.28. The van der Waals surface area contributed by atoms with Crippen molar-refractivity contribution in [2.24, 2.45) is 11.8 Å². The number of carbonyl (C=O) groups excluding carboxylic acids is 4. The first-order valence-corrected chi connectivity index (χ1v) is 9.11. The first kappa shape index (κ1) is 18.4. The maximum atomic E-state index is 12.9. The number of Topliss-reactive ketones (excluding diaryl/α,β-unsaturated/α-hetero) is 1. The number of ketones is 1. The van der Waals surface area contributed by atoms with Crippen LogP contribution in [0.3, 0.4) is 0 Å². The second-order valence-electron chi connectivity index (χ2n) is 7.03. The van der Waals surface area contributed by atoms with E-state index in [1.807, 2.05) is 0 Å². The molecule has 7 heteroatoms. The summed E-state index contributed by atoms with van der Waals surface area (Å²) < 4.78 is 5.04. The second-order valence-corrected chi connectivity index (χ2v) is 7.03. The van der Waals surface area contributed by atoms with Crippen LogP contribution in [-0.4, -0.2) is 46.6 Å². The van der Waals surface area contributed by atoms with Crippen LogP contribution in [0.15, 0.2) is 0 Å². The van der Waals surface area contributed by atoms with Crippen LogP contribution in [0.1, 0.15) is 64.7 Å². The van der Waals surface area contributed by atoms with Gasteiger partial charge in [0.15, 0.2) is 5.78 Å². The fourth-order valence-electron chi connectivity index (χ4n) is 4.20. The molecule has 1 N–H and O–H groups in total. The van der Waals surface area contributed by atoms with Crippen molar-refractivity contribution in [1.82, 2.24) is 9.88 Å². The summed E-state index contributed by atoms with van der Waals surface area (Å²) in [5.41, 5.74) is 1.46. The van der Waals surface area contributed by atoms with Gasteiger partial charge in [-0.1, -0.05) is 12.8 Å². The van der Waals surface area contributed by atoms with Gasteiger partial charge in [0.25, 0.3) is 0 Å². The Hall–Kier alpha value is -2.44. The molecule has 2 atom stereocenters. The summed E-state index contributed by atoms with van der Waals surface area (Å²) in [7, 11) is 0. The van der Waals surface area contributed by atoms with E-state index >= 15 is 0 Å². The number of esters is 1. The fourth-order valence-corrected chi connectivity index (χ4v) is 4.20. The Morgan fingerprint density at radius 1 is 1.04 bits per heavy atom. The van der Waals surface area contributed by atoms with Crippen molar-refractivity contribution >= 4 is 23.6 Å². The molecule has 1 saturated carbocycles. The topological polar surface area (TPSA) is 96.5 Å². The second kappa shape index (κ2) is 7.05. The third-order valence-electron chi connectivity index (χ3n) is 5.37. The van der Waals surface area contributed by atoms with E-state index in [0.717, 1.165) is 17.7 Å². The Kier molecular flexibility index (Phi) is 4.98. The number of aromatic amines is 1. The van der Waals surface area contributed by atoms with E-state index in [2.05, 4.69) is 4.98 Å². The van der Waals surface area contributed by atoms with E-state index in [4.69, 9.17) is 4.74 Å². The molecule has 2 heterocycles. The van der Waals surface area contributed by atoms with Gasteiger partial charge in [-0.25, -0.2) is 4.79 Å². The summed E-state index contributed by atoms with van der Waals surface area (Å²) in [5.74, 6) is -2.09. The summed E-state index contributed by atoms with van der Waals surface area (Å²) in [6.45, 7) is 4.95. The maximum absolute atomic E-state index is 12.9. The van der Waals surface area contributed by atoms with Crippen molar-refractivity contribution < 1.29 is 23.9 Å². The number of fused-ring (bicyclic) bond motifs is 1. The number of ether oxygens (including phenoxy) is 1. The van der Waals surface area contributed by atoms with Crippen molar-refractivity contribution in [2.45, 2.75) is 46.5 Å². The molecule has 26 heavy (non-hydrogen) atoms. The van der Waals surface area contributed by atoms with Gasteiger partial charge in [-0.2, -0.15) is 0 Å². The molecule has 0 spiro atoms. The first-order chi connectivity index (χ1) is 12.4. The summed E-state index contributed by atoms with van der Waals surface area (Å²) >= 11 is 0. The zero-order valence-electron chi connectivity index (χ0n) is 15.4. The highest BCUT2D eigenvalue weighted by atomic mass is 16.5. The molecule has 2 aliphatic rings. The highest BCUT2D eigenvalue weighted by molar-refractivity contribution is 6.13. The van der Waals surface area contributed by atoms with E-state index in [9.17, 15) is 19.2 Å². The van der Waals surface area contributed by atoms with Gasteiger partial charge in [0.05, 0.1) is 36.1 Å². The molecule has 0 aromatic carbocycles. The molecule has 0 radical (unpaired) electrons. The molecule has 0 unspecified atom stereocenters. The number of carbonyl (C=O) groups is 4. The molecule has 1 aliphatic carbocycles. The highest BCUT2D eigenvalue weighted by Gasteiger charge is 2.48. The molecule has 1 saturated heterocycles. The predicted octanol–water partition coefficient (Wildman–Crippen LogP) is 2.17. The molecule has 1 aliphatic heterocycles. The average Bonchev–Trinajstić information content (AvgIpc) is 3.04. The van der Waals surface area contributed by atoms with Crippen LogP contribution >= 0.6 is 0 Å². The van der Waals surface area contributed by atoms with Crippen LogP contribution in [0, 0.1) is 25.7 Å². The van der Waals surface area contributed by atoms with Crippen LogP contribution in [0.2, 0.25) is 0 Å². The van der Waals surface area contributed by atoms with E-state index in [1.165, 1.54) is 0 Å². The third-order valence-corrected chi connectivity index (χ3v) is 5.37. The Morgan fingerprint density at radius 2 is 1.58 bits per heavy atom. The molecular formula is C19H24N2O5. The number of nitrogens with one attached hydrogen (secondary N) is 1. The van der Waals surface area contributed by atoms with Crippen molar-refractivity contribution in [3.05, 3.63) is 22.5 Å². The van der Waals surface area contributed by atoms with Crippen LogP contribution in [0.5, 0.6) is 0 Å². The number of hydrogen-bond donors (Lipinski definition) is 1. The Bertz CT molecular complexity index is 755. The number of aryl methyl sites for hydroxylation is 2. The molecule has 0 bridgehead atoms. The Morgan fingerprint density at radius 3 is 2.12 bits per heavy atom. The number of aromatic nitrogens is 1. The quantitative estimate of drug-likeness (QED) is 0.493. The number of imide groups is 1. The van der Waals surface area contributed by atoms with Gasteiger partial charge < -0.3 is 9.72 Å². The van der Waals surface area contributed by atoms with E-state index in [1.54, 1.807) is 20.8 Å². The number of likely N-dealkylation sites (tertiary alicyclic amines) is 1. The number of rotatable bonds is 5. The molecule has 1 aromatic rings. The summed E-state index contributed by atoms with van der Waals surface area (Å²) in [6, 6.07) is 0. The van der Waals surface area contributed by atoms with Crippen molar-refractivity contribution in [1.29, 1.82) is 0 Å². The standard InChI is InChI=1S/C19H24N2O5/c1-4-26-19(25)16-11(3)20-10(2)15(16)14(22)9-21-17(23)12-7-5-6-8-13(12)18(21)24/h12-13,20H,4-9H2,1-3H3/t12-,13-/m0/s1. The Balaban J connectivity index is 1.86. The van der Waals surface area contributed by atoms with E-state index < -0.39 is 11.8 Å². The van der Waals surface area contributed by atoms with Crippen LogP contribution in [0.4, 0.5) is 0 Å². The number of amides is 2. The van der Waals surface area contributed by atoms with Gasteiger partial charge in [-0.3, -0.25) is 19.3 Å². The lowest BCUT2D eigenvalue weighted by Crippen LogP contribution is -2.36. The van der Waals surface area contributed by atoms with Gasteiger partial charge in [0, 0.05) is 11.4 Å². The number of hydrogen-bond acceptors (Lipinski definition) is 5. The fraction of sp³-hybridized carbons (Fsp3) is 0.579. The van der Waals surface area contributed by atoms with E-state index in [0.29, 0.717) is 24.2 Å².